The Morgan fingerprint density at radius 1 is 1.14 bits per heavy atom. The molecule has 0 unspecified atom stereocenters. The fourth-order valence-electron chi connectivity index (χ4n) is 3.68. The number of hydrogen-bond donors (Lipinski definition) is 1. The van der Waals surface area contributed by atoms with E-state index in [4.69, 9.17) is 0 Å². The van der Waals surface area contributed by atoms with Gasteiger partial charge in [-0.2, -0.15) is 0 Å². The fraction of sp³-hybridized carbons (Fsp3) is 0.529. The minimum Gasteiger partial charge on any atom is -0.305 e. The van der Waals surface area contributed by atoms with Crippen molar-refractivity contribution in [2.75, 3.05) is 0 Å². The molecule has 3 amide bonds. The molecule has 0 saturated carbocycles. The number of aryl methyl sites for hydroxylation is 2. The van der Waals surface area contributed by atoms with E-state index < -0.39 is 5.54 Å². The molecular formula is C17H22N2O2. The molecule has 1 heterocycles. The number of amides is 3. The highest BCUT2D eigenvalue weighted by molar-refractivity contribution is 6.06. The number of carbonyl (C=O) groups is 2. The lowest BCUT2D eigenvalue weighted by Crippen LogP contribution is -2.48. The number of benzene rings is 1. The highest BCUT2D eigenvalue weighted by Crippen LogP contribution is 2.31. The van der Waals surface area contributed by atoms with Gasteiger partial charge in [0.15, 0.2) is 0 Å². The van der Waals surface area contributed by atoms with Gasteiger partial charge >= 0.3 is 6.03 Å². The minimum absolute atomic E-state index is 0.154. The Morgan fingerprint density at radius 3 is 2.57 bits per heavy atom. The van der Waals surface area contributed by atoms with Crippen LogP contribution in [-0.4, -0.2) is 22.4 Å². The van der Waals surface area contributed by atoms with Gasteiger partial charge in [0.1, 0.15) is 5.54 Å². The number of hydrogen-bond acceptors (Lipinski definition) is 2. The van der Waals surface area contributed by atoms with Crippen molar-refractivity contribution in [1.29, 1.82) is 0 Å². The van der Waals surface area contributed by atoms with Crippen molar-refractivity contribution >= 4 is 11.9 Å². The molecule has 2 aliphatic rings. The summed E-state index contributed by atoms with van der Waals surface area (Å²) in [6.45, 7) is 4.45. The Hall–Kier alpha value is -1.84. The molecule has 1 saturated heterocycles. The lowest BCUT2D eigenvalue weighted by Gasteiger charge is -2.33. The van der Waals surface area contributed by atoms with E-state index in [0.717, 1.165) is 18.4 Å². The van der Waals surface area contributed by atoms with Crippen LogP contribution in [0.2, 0.25) is 0 Å². The van der Waals surface area contributed by atoms with Gasteiger partial charge in [-0.25, -0.2) is 4.79 Å². The molecule has 4 nitrogen and oxygen atoms in total. The monoisotopic (exact) mass is 286 g/mol. The van der Waals surface area contributed by atoms with Gasteiger partial charge in [-0.1, -0.05) is 32.0 Å². The standard InChI is InChI=1S/C17H22N2O2/c1-3-17(4-2)15(20)18-16(21)19(17)11-12-8-9-13-6-5-7-14(13)10-12/h8-10H,3-7,11H2,1-2H3,(H,18,20,21). The maximum Gasteiger partial charge on any atom is 0.325 e. The van der Waals surface area contributed by atoms with Crippen LogP contribution in [0.1, 0.15) is 49.8 Å². The first-order valence-corrected chi connectivity index (χ1v) is 7.84. The summed E-state index contributed by atoms with van der Waals surface area (Å²) in [5.74, 6) is -0.154. The number of imide groups is 1. The summed E-state index contributed by atoms with van der Waals surface area (Å²) in [6, 6.07) is 6.21. The van der Waals surface area contributed by atoms with E-state index in [2.05, 4.69) is 23.5 Å². The van der Waals surface area contributed by atoms with Gasteiger partial charge in [0.05, 0.1) is 0 Å². The zero-order valence-corrected chi connectivity index (χ0v) is 12.7. The third kappa shape index (κ3) is 2.13. The van der Waals surface area contributed by atoms with Gasteiger partial charge in [-0.15, -0.1) is 0 Å². The molecule has 4 heteroatoms. The average molecular weight is 286 g/mol. The van der Waals surface area contributed by atoms with Crippen LogP contribution in [0.25, 0.3) is 0 Å². The van der Waals surface area contributed by atoms with Crippen molar-refractivity contribution in [3.8, 4) is 0 Å². The maximum atomic E-state index is 12.2. The summed E-state index contributed by atoms with van der Waals surface area (Å²) >= 11 is 0. The predicted molar refractivity (Wildman–Crippen MR) is 80.9 cm³/mol. The Labute approximate surface area is 125 Å². The van der Waals surface area contributed by atoms with Gasteiger partial charge in [-0.05, 0) is 48.8 Å². The molecule has 112 valence electrons. The van der Waals surface area contributed by atoms with Gasteiger partial charge in [-0.3, -0.25) is 10.1 Å². The first-order chi connectivity index (χ1) is 10.1. The van der Waals surface area contributed by atoms with E-state index in [1.165, 1.54) is 17.5 Å². The van der Waals surface area contributed by atoms with Crippen molar-refractivity contribution < 1.29 is 9.59 Å². The lowest BCUT2D eigenvalue weighted by atomic mass is 9.91. The summed E-state index contributed by atoms with van der Waals surface area (Å²) in [4.78, 5) is 26.0. The SMILES string of the molecule is CCC1(CC)C(=O)NC(=O)N1Cc1ccc2c(c1)CCC2. The summed E-state index contributed by atoms with van der Waals surface area (Å²) in [5, 5.41) is 2.48. The number of urea groups is 1. The molecule has 21 heavy (non-hydrogen) atoms. The van der Waals surface area contributed by atoms with Crippen molar-refractivity contribution in [2.45, 2.75) is 58.0 Å². The van der Waals surface area contributed by atoms with Crippen LogP contribution in [0.4, 0.5) is 4.79 Å². The summed E-state index contributed by atoms with van der Waals surface area (Å²) in [5.41, 5.74) is 3.26. The lowest BCUT2D eigenvalue weighted by molar-refractivity contribution is -0.127. The Bertz CT molecular complexity index is 590. The molecule has 1 aromatic carbocycles. The Morgan fingerprint density at radius 2 is 1.86 bits per heavy atom. The highest BCUT2D eigenvalue weighted by atomic mass is 16.2. The molecular weight excluding hydrogens is 264 g/mol. The van der Waals surface area contributed by atoms with Crippen LogP contribution in [0.3, 0.4) is 0 Å². The summed E-state index contributed by atoms with van der Waals surface area (Å²) in [7, 11) is 0. The van der Waals surface area contributed by atoms with Crippen LogP contribution in [-0.2, 0) is 24.2 Å². The van der Waals surface area contributed by atoms with Gasteiger partial charge in [0.25, 0.3) is 5.91 Å². The quantitative estimate of drug-likeness (QED) is 0.865. The van der Waals surface area contributed by atoms with E-state index in [1.54, 1.807) is 4.90 Å². The van der Waals surface area contributed by atoms with E-state index >= 15 is 0 Å². The summed E-state index contributed by atoms with van der Waals surface area (Å²) < 4.78 is 0. The molecule has 0 atom stereocenters. The molecule has 0 spiro atoms. The molecule has 1 fully saturated rings. The number of carbonyl (C=O) groups excluding carboxylic acids is 2. The zero-order chi connectivity index (χ0) is 15.0. The molecule has 3 rings (SSSR count). The van der Waals surface area contributed by atoms with E-state index in [9.17, 15) is 9.59 Å². The first-order valence-electron chi connectivity index (χ1n) is 7.84. The molecule has 0 bridgehead atoms. The molecule has 1 aliphatic carbocycles. The number of nitrogens with zero attached hydrogens (tertiary/aromatic N) is 1. The van der Waals surface area contributed by atoms with Crippen molar-refractivity contribution in [1.82, 2.24) is 10.2 Å². The second-order valence-corrected chi connectivity index (χ2v) is 6.04. The zero-order valence-electron chi connectivity index (χ0n) is 12.7. The Kier molecular flexibility index (Phi) is 3.47. The second kappa shape index (κ2) is 5.17. The Balaban J connectivity index is 1.89. The number of fused-ring (bicyclic) bond motifs is 1. The minimum atomic E-state index is -0.684. The normalized spacial score (nSPS) is 19.8. The molecule has 0 radical (unpaired) electrons. The first kappa shape index (κ1) is 14.1. The van der Waals surface area contributed by atoms with Crippen LogP contribution in [0, 0.1) is 0 Å². The van der Waals surface area contributed by atoms with Crippen LogP contribution >= 0.6 is 0 Å². The average Bonchev–Trinajstić information content (AvgIpc) is 3.03. The van der Waals surface area contributed by atoms with Crippen molar-refractivity contribution in [2.24, 2.45) is 0 Å². The third-order valence-electron chi connectivity index (χ3n) is 5.08. The number of nitrogens with one attached hydrogen (secondary N) is 1. The largest absolute Gasteiger partial charge is 0.325 e. The van der Waals surface area contributed by atoms with E-state index in [0.29, 0.717) is 19.4 Å². The number of rotatable bonds is 4. The van der Waals surface area contributed by atoms with Crippen molar-refractivity contribution in [3.05, 3.63) is 34.9 Å². The fourth-order valence-corrected chi connectivity index (χ4v) is 3.68. The van der Waals surface area contributed by atoms with Gasteiger partial charge in [0, 0.05) is 6.54 Å². The highest BCUT2D eigenvalue weighted by Gasteiger charge is 2.50. The molecule has 1 aromatic rings. The van der Waals surface area contributed by atoms with Gasteiger partial charge in [0.2, 0.25) is 0 Å². The smallest absolute Gasteiger partial charge is 0.305 e. The topological polar surface area (TPSA) is 49.4 Å². The molecule has 0 aromatic heterocycles. The molecule has 1 aliphatic heterocycles. The summed E-state index contributed by atoms with van der Waals surface area (Å²) in [6.07, 6.45) is 4.79. The third-order valence-corrected chi connectivity index (χ3v) is 5.08. The van der Waals surface area contributed by atoms with Crippen LogP contribution < -0.4 is 5.32 Å². The van der Waals surface area contributed by atoms with Crippen LogP contribution in [0.5, 0.6) is 0 Å². The van der Waals surface area contributed by atoms with E-state index in [-0.39, 0.29) is 11.9 Å². The second-order valence-electron chi connectivity index (χ2n) is 6.04. The van der Waals surface area contributed by atoms with Crippen LogP contribution in [0.15, 0.2) is 18.2 Å². The maximum absolute atomic E-state index is 12.2. The van der Waals surface area contributed by atoms with Gasteiger partial charge < -0.3 is 4.90 Å². The predicted octanol–water partition coefficient (Wildman–Crippen LogP) is 2.79. The van der Waals surface area contributed by atoms with Crippen molar-refractivity contribution in [3.63, 3.8) is 0 Å². The van der Waals surface area contributed by atoms with E-state index in [1.807, 2.05) is 13.8 Å². The molecule has 1 N–H and O–H groups in total.